The number of ketones is 1. The number of esters is 1. The molecule has 4 nitrogen and oxygen atoms in total. The molecule has 0 atom stereocenters. The summed E-state index contributed by atoms with van der Waals surface area (Å²) in [5.74, 6) is -0.346. The van der Waals surface area contributed by atoms with Crippen molar-refractivity contribution in [1.29, 1.82) is 0 Å². The Balaban J connectivity index is 2.11. The Morgan fingerprint density at radius 2 is 2.16 bits per heavy atom. The Bertz CT molecular complexity index is 578. The Morgan fingerprint density at radius 3 is 2.84 bits per heavy atom. The molecule has 0 unspecified atom stereocenters. The maximum Gasteiger partial charge on any atom is 0.344 e. The standard InChI is InChI=1S/C14H14NO3S/c1-2-18-14(17)11-5-3-7-15(9-11)10-12(16)13-6-4-8-19-13/h3-9H,2,10H2,1H3/q+1. The Hall–Kier alpha value is -2.01. The van der Waals surface area contributed by atoms with Crippen molar-refractivity contribution in [2.24, 2.45) is 0 Å². The molecule has 0 saturated carbocycles. The summed E-state index contributed by atoms with van der Waals surface area (Å²) < 4.78 is 6.61. The van der Waals surface area contributed by atoms with E-state index in [2.05, 4.69) is 0 Å². The van der Waals surface area contributed by atoms with Gasteiger partial charge in [-0.15, -0.1) is 11.3 Å². The molecule has 0 amide bonds. The van der Waals surface area contributed by atoms with E-state index in [0.29, 0.717) is 17.0 Å². The highest BCUT2D eigenvalue weighted by atomic mass is 32.1. The van der Waals surface area contributed by atoms with Gasteiger partial charge in [-0.2, -0.15) is 4.57 Å². The molecule has 0 radical (unpaired) electrons. The maximum atomic E-state index is 12.0. The van der Waals surface area contributed by atoms with Gasteiger partial charge in [0.25, 0.3) is 0 Å². The number of rotatable bonds is 5. The number of thiophene rings is 1. The third-order valence-corrected chi connectivity index (χ3v) is 3.40. The molecule has 0 aliphatic carbocycles. The van der Waals surface area contributed by atoms with E-state index in [1.54, 1.807) is 42.1 Å². The number of carbonyl (C=O) groups is 2. The van der Waals surface area contributed by atoms with E-state index in [9.17, 15) is 9.59 Å². The van der Waals surface area contributed by atoms with Crippen LogP contribution in [0.15, 0.2) is 42.0 Å². The first-order chi connectivity index (χ1) is 9.20. The molecule has 0 bridgehead atoms. The Kier molecular flexibility index (Phi) is 4.41. The molecule has 0 aliphatic rings. The summed E-state index contributed by atoms with van der Waals surface area (Å²) in [5, 5.41) is 1.87. The molecule has 0 N–H and O–H groups in total. The van der Waals surface area contributed by atoms with Crippen molar-refractivity contribution >= 4 is 23.1 Å². The lowest BCUT2D eigenvalue weighted by Crippen LogP contribution is -2.37. The van der Waals surface area contributed by atoms with Gasteiger partial charge in [0.15, 0.2) is 12.4 Å². The first kappa shape index (κ1) is 13.4. The molecular formula is C14H14NO3S+. The summed E-state index contributed by atoms with van der Waals surface area (Å²) in [6.07, 6.45) is 3.39. The summed E-state index contributed by atoms with van der Waals surface area (Å²) in [7, 11) is 0. The van der Waals surface area contributed by atoms with Crippen LogP contribution in [-0.4, -0.2) is 18.4 Å². The Labute approximate surface area is 115 Å². The average Bonchev–Trinajstić information content (AvgIpc) is 2.93. The lowest BCUT2D eigenvalue weighted by Gasteiger charge is -2.00. The fourth-order valence-corrected chi connectivity index (χ4v) is 2.29. The van der Waals surface area contributed by atoms with E-state index in [-0.39, 0.29) is 18.3 Å². The van der Waals surface area contributed by atoms with Crippen LogP contribution in [0.1, 0.15) is 27.0 Å². The summed E-state index contributed by atoms with van der Waals surface area (Å²) in [6.45, 7) is 2.31. The smallest absolute Gasteiger partial charge is 0.344 e. The summed E-state index contributed by atoms with van der Waals surface area (Å²) in [5.41, 5.74) is 0.448. The molecule has 2 aromatic heterocycles. The quantitative estimate of drug-likeness (QED) is 0.477. The first-order valence-corrected chi connectivity index (χ1v) is 6.81. The summed E-state index contributed by atoms with van der Waals surface area (Å²) in [4.78, 5) is 24.3. The molecule has 0 aromatic carbocycles. The van der Waals surface area contributed by atoms with Crippen molar-refractivity contribution in [2.75, 3.05) is 6.61 Å². The van der Waals surface area contributed by atoms with Gasteiger partial charge in [-0.25, -0.2) is 4.79 Å². The van der Waals surface area contributed by atoms with E-state index in [4.69, 9.17) is 4.74 Å². The molecule has 98 valence electrons. The Morgan fingerprint density at radius 1 is 1.32 bits per heavy atom. The van der Waals surface area contributed by atoms with Crippen molar-refractivity contribution in [2.45, 2.75) is 13.5 Å². The molecule has 2 heterocycles. The first-order valence-electron chi connectivity index (χ1n) is 5.93. The van der Waals surface area contributed by atoms with E-state index >= 15 is 0 Å². The van der Waals surface area contributed by atoms with Crippen LogP contribution in [0.25, 0.3) is 0 Å². The second-order valence-electron chi connectivity index (χ2n) is 3.89. The van der Waals surface area contributed by atoms with Crippen molar-refractivity contribution in [1.82, 2.24) is 0 Å². The lowest BCUT2D eigenvalue weighted by molar-refractivity contribution is -0.683. The van der Waals surface area contributed by atoms with Gasteiger partial charge in [0, 0.05) is 6.07 Å². The fraction of sp³-hybridized carbons (Fsp3) is 0.214. The van der Waals surface area contributed by atoms with Gasteiger partial charge in [-0.1, -0.05) is 6.07 Å². The van der Waals surface area contributed by atoms with Crippen molar-refractivity contribution in [3.05, 3.63) is 52.5 Å². The van der Waals surface area contributed by atoms with Crippen LogP contribution in [0, 0.1) is 0 Å². The molecule has 2 rings (SSSR count). The minimum Gasteiger partial charge on any atom is -0.462 e. The fourth-order valence-electron chi connectivity index (χ4n) is 1.64. The van der Waals surface area contributed by atoms with Crippen LogP contribution in [0.2, 0.25) is 0 Å². The van der Waals surface area contributed by atoms with Gasteiger partial charge in [0.2, 0.25) is 12.3 Å². The van der Waals surface area contributed by atoms with Gasteiger partial charge in [-0.05, 0) is 24.4 Å². The van der Waals surface area contributed by atoms with E-state index in [0.717, 1.165) is 0 Å². The molecule has 5 heteroatoms. The number of pyridine rings is 1. The number of hydrogen-bond donors (Lipinski definition) is 0. The number of hydrogen-bond acceptors (Lipinski definition) is 4. The minimum absolute atomic E-state index is 0.0287. The van der Waals surface area contributed by atoms with Gasteiger partial charge >= 0.3 is 5.97 Å². The van der Waals surface area contributed by atoms with E-state index < -0.39 is 0 Å². The second kappa shape index (κ2) is 6.24. The van der Waals surface area contributed by atoms with Crippen LogP contribution >= 0.6 is 11.3 Å². The van der Waals surface area contributed by atoms with Gasteiger partial charge in [-0.3, -0.25) is 4.79 Å². The average molecular weight is 276 g/mol. The topological polar surface area (TPSA) is 47.2 Å². The van der Waals surface area contributed by atoms with Crippen molar-refractivity contribution in [3.8, 4) is 0 Å². The van der Waals surface area contributed by atoms with Crippen LogP contribution < -0.4 is 4.57 Å². The molecule has 0 fully saturated rings. The zero-order chi connectivity index (χ0) is 13.7. The van der Waals surface area contributed by atoms with Crippen molar-refractivity contribution < 1.29 is 18.9 Å². The largest absolute Gasteiger partial charge is 0.462 e. The summed E-state index contributed by atoms with van der Waals surface area (Å²) >= 11 is 1.41. The zero-order valence-corrected chi connectivity index (χ0v) is 11.4. The second-order valence-corrected chi connectivity index (χ2v) is 4.83. The van der Waals surface area contributed by atoms with E-state index in [1.807, 2.05) is 11.4 Å². The van der Waals surface area contributed by atoms with Gasteiger partial charge in [0.1, 0.15) is 5.56 Å². The van der Waals surface area contributed by atoms with Crippen molar-refractivity contribution in [3.63, 3.8) is 0 Å². The molecular weight excluding hydrogens is 262 g/mol. The predicted octanol–water partition coefficient (Wildman–Crippen LogP) is 2.10. The lowest BCUT2D eigenvalue weighted by atomic mass is 10.2. The molecule has 0 saturated heterocycles. The molecule has 19 heavy (non-hydrogen) atoms. The third-order valence-electron chi connectivity index (χ3n) is 2.49. The number of nitrogens with zero attached hydrogens (tertiary/aromatic N) is 1. The predicted molar refractivity (Wildman–Crippen MR) is 71.2 cm³/mol. The van der Waals surface area contributed by atoms with Crippen LogP contribution in [-0.2, 0) is 11.3 Å². The molecule has 2 aromatic rings. The molecule has 0 spiro atoms. The summed E-state index contributed by atoms with van der Waals surface area (Å²) in [6, 6.07) is 7.04. The highest BCUT2D eigenvalue weighted by Crippen LogP contribution is 2.09. The van der Waals surface area contributed by atoms with Gasteiger partial charge < -0.3 is 4.74 Å². The number of aromatic nitrogens is 1. The SMILES string of the molecule is CCOC(=O)c1ccc[n+](CC(=O)c2cccs2)c1. The molecule has 0 aliphatic heterocycles. The van der Waals surface area contributed by atoms with Gasteiger partial charge in [0.05, 0.1) is 11.5 Å². The highest BCUT2D eigenvalue weighted by Gasteiger charge is 2.16. The normalized spacial score (nSPS) is 10.2. The maximum absolute atomic E-state index is 12.0. The zero-order valence-electron chi connectivity index (χ0n) is 10.5. The van der Waals surface area contributed by atoms with Crippen LogP contribution in [0.5, 0.6) is 0 Å². The monoisotopic (exact) mass is 276 g/mol. The third kappa shape index (κ3) is 3.48. The number of carbonyl (C=O) groups excluding carboxylic acids is 2. The number of Topliss-reactive ketones (excluding diaryl/α,β-unsaturated/α-hetero) is 1. The highest BCUT2D eigenvalue weighted by molar-refractivity contribution is 7.12. The van der Waals surface area contributed by atoms with E-state index in [1.165, 1.54) is 11.3 Å². The minimum atomic E-state index is -0.375. The van der Waals surface area contributed by atoms with Crippen LogP contribution in [0.4, 0.5) is 0 Å². The number of ether oxygens (including phenoxy) is 1. The van der Waals surface area contributed by atoms with Crippen LogP contribution in [0.3, 0.4) is 0 Å².